The second kappa shape index (κ2) is 5.30. The number of thiophene rings is 1. The molecule has 0 aliphatic rings. The molecule has 0 bridgehead atoms. The van der Waals surface area contributed by atoms with E-state index in [1.165, 1.54) is 6.07 Å². The maximum absolute atomic E-state index is 13.3. The van der Waals surface area contributed by atoms with Gasteiger partial charge in [-0.2, -0.15) is 5.26 Å². The molecule has 2 nitrogen and oxygen atoms in total. The molecule has 0 aliphatic carbocycles. The maximum atomic E-state index is 13.3. The Morgan fingerprint density at radius 2 is 2.18 bits per heavy atom. The van der Waals surface area contributed by atoms with E-state index in [2.05, 4.69) is 21.2 Å². The van der Waals surface area contributed by atoms with Crippen molar-refractivity contribution in [1.82, 2.24) is 0 Å². The Morgan fingerprint density at radius 1 is 1.35 bits per heavy atom. The highest BCUT2D eigenvalue weighted by molar-refractivity contribution is 9.11. The molecule has 1 aromatic heterocycles. The van der Waals surface area contributed by atoms with Gasteiger partial charge in [0.1, 0.15) is 17.4 Å². The Labute approximate surface area is 111 Å². The number of halogens is 2. The summed E-state index contributed by atoms with van der Waals surface area (Å²) in [6, 6.07) is 10.4. The SMILES string of the molecule is N#Cc1c(F)cccc1NCc1ccc(Br)s1. The first kappa shape index (κ1) is 12.1. The van der Waals surface area contributed by atoms with Crippen molar-refractivity contribution in [3.05, 3.63) is 50.4 Å². The van der Waals surface area contributed by atoms with Crippen LogP contribution in [0, 0.1) is 17.1 Å². The van der Waals surface area contributed by atoms with Gasteiger partial charge in [-0.05, 0) is 40.2 Å². The fraction of sp³-hybridized carbons (Fsp3) is 0.0833. The molecular weight excluding hydrogens is 303 g/mol. The fourth-order valence-electron chi connectivity index (χ4n) is 1.41. The summed E-state index contributed by atoms with van der Waals surface area (Å²) >= 11 is 4.98. The van der Waals surface area contributed by atoms with Crippen molar-refractivity contribution >= 4 is 33.0 Å². The molecule has 0 amide bonds. The summed E-state index contributed by atoms with van der Waals surface area (Å²) in [7, 11) is 0. The monoisotopic (exact) mass is 310 g/mol. The molecule has 2 aromatic rings. The van der Waals surface area contributed by atoms with E-state index in [1.807, 2.05) is 18.2 Å². The minimum atomic E-state index is -0.495. The van der Waals surface area contributed by atoms with Crippen molar-refractivity contribution in [2.24, 2.45) is 0 Å². The third-order valence-electron chi connectivity index (χ3n) is 2.21. The Bertz CT molecular complexity index is 574. The van der Waals surface area contributed by atoms with E-state index in [1.54, 1.807) is 23.5 Å². The lowest BCUT2D eigenvalue weighted by Crippen LogP contribution is -2.00. The van der Waals surface area contributed by atoms with Crippen LogP contribution in [0.1, 0.15) is 10.4 Å². The molecule has 1 aromatic carbocycles. The summed E-state index contributed by atoms with van der Waals surface area (Å²) in [5, 5.41) is 11.9. The Hall–Kier alpha value is -1.38. The zero-order chi connectivity index (χ0) is 12.3. The molecule has 1 heterocycles. The highest BCUT2D eigenvalue weighted by Crippen LogP contribution is 2.24. The average molecular weight is 311 g/mol. The standard InChI is InChI=1S/C12H8BrFN2S/c13-12-5-4-8(17-12)7-16-11-3-1-2-10(14)9(11)6-15/h1-5,16H,7H2. The summed E-state index contributed by atoms with van der Waals surface area (Å²) in [5.74, 6) is -0.495. The lowest BCUT2D eigenvalue weighted by molar-refractivity contribution is 0.624. The van der Waals surface area contributed by atoms with Gasteiger partial charge in [-0.1, -0.05) is 6.07 Å². The minimum absolute atomic E-state index is 0.0584. The number of anilines is 1. The van der Waals surface area contributed by atoms with Gasteiger partial charge in [0.15, 0.2) is 0 Å². The number of rotatable bonds is 3. The molecule has 0 aliphatic heterocycles. The average Bonchev–Trinajstić information content (AvgIpc) is 2.72. The van der Waals surface area contributed by atoms with Gasteiger partial charge in [0.05, 0.1) is 9.47 Å². The maximum Gasteiger partial charge on any atom is 0.143 e. The van der Waals surface area contributed by atoms with Gasteiger partial charge in [0.2, 0.25) is 0 Å². The van der Waals surface area contributed by atoms with Gasteiger partial charge in [0, 0.05) is 11.4 Å². The topological polar surface area (TPSA) is 35.8 Å². The van der Waals surface area contributed by atoms with Crippen molar-refractivity contribution in [3.63, 3.8) is 0 Å². The van der Waals surface area contributed by atoms with E-state index in [4.69, 9.17) is 5.26 Å². The van der Waals surface area contributed by atoms with Crippen molar-refractivity contribution in [3.8, 4) is 6.07 Å². The largest absolute Gasteiger partial charge is 0.379 e. The van der Waals surface area contributed by atoms with Crippen LogP contribution in [-0.4, -0.2) is 0 Å². The molecule has 0 spiro atoms. The van der Waals surface area contributed by atoms with Crippen molar-refractivity contribution in [1.29, 1.82) is 5.26 Å². The minimum Gasteiger partial charge on any atom is -0.379 e. The van der Waals surface area contributed by atoms with Gasteiger partial charge in [-0.25, -0.2) is 4.39 Å². The molecule has 0 saturated carbocycles. The van der Waals surface area contributed by atoms with Crippen LogP contribution >= 0.6 is 27.3 Å². The predicted octanol–water partition coefficient (Wildman–Crippen LogP) is 4.13. The first-order chi connectivity index (χ1) is 8.20. The number of hydrogen-bond donors (Lipinski definition) is 1. The van der Waals surface area contributed by atoms with Crippen LogP contribution in [0.3, 0.4) is 0 Å². The summed E-state index contributed by atoms with van der Waals surface area (Å²) < 4.78 is 14.4. The van der Waals surface area contributed by atoms with Gasteiger partial charge in [0.25, 0.3) is 0 Å². The van der Waals surface area contributed by atoms with Gasteiger partial charge in [-0.3, -0.25) is 0 Å². The summed E-state index contributed by atoms with van der Waals surface area (Å²) in [5.41, 5.74) is 0.583. The van der Waals surface area contributed by atoms with Gasteiger partial charge in [-0.15, -0.1) is 11.3 Å². The van der Waals surface area contributed by atoms with Crippen LogP contribution in [0.25, 0.3) is 0 Å². The number of nitrogens with one attached hydrogen (secondary N) is 1. The summed E-state index contributed by atoms with van der Waals surface area (Å²) in [6.07, 6.45) is 0. The molecular formula is C12H8BrFN2S. The van der Waals surface area contributed by atoms with E-state index >= 15 is 0 Å². The normalized spacial score (nSPS) is 9.94. The molecule has 0 fully saturated rings. The zero-order valence-corrected chi connectivity index (χ0v) is 11.1. The zero-order valence-electron chi connectivity index (χ0n) is 8.71. The fourth-order valence-corrected chi connectivity index (χ4v) is 2.84. The molecule has 0 radical (unpaired) electrons. The summed E-state index contributed by atoms with van der Waals surface area (Å²) in [4.78, 5) is 1.12. The van der Waals surface area contributed by atoms with Gasteiger partial charge < -0.3 is 5.32 Å². The van der Waals surface area contributed by atoms with Crippen molar-refractivity contribution in [2.45, 2.75) is 6.54 Å². The quantitative estimate of drug-likeness (QED) is 0.925. The third kappa shape index (κ3) is 2.84. The molecule has 5 heteroatoms. The smallest absolute Gasteiger partial charge is 0.143 e. The van der Waals surface area contributed by atoms with Crippen LogP contribution in [0.4, 0.5) is 10.1 Å². The lowest BCUT2D eigenvalue weighted by Gasteiger charge is -2.07. The van der Waals surface area contributed by atoms with Crippen LogP contribution in [0.15, 0.2) is 34.1 Å². The van der Waals surface area contributed by atoms with Crippen LogP contribution in [0.5, 0.6) is 0 Å². The van der Waals surface area contributed by atoms with Crippen LogP contribution in [0.2, 0.25) is 0 Å². The van der Waals surface area contributed by atoms with Crippen molar-refractivity contribution in [2.75, 3.05) is 5.32 Å². The second-order valence-electron chi connectivity index (χ2n) is 3.33. The Morgan fingerprint density at radius 3 is 2.82 bits per heavy atom. The van der Waals surface area contributed by atoms with Crippen LogP contribution in [-0.2, 0) is 6.54 Å². The number of hydrogen-bond acceptors (Lipinski definition) is 3. The highest BCUT2D eigenvalue weighted by Gasteiger charge is 2.07. The Balaban J connectivity index is 2.14. The van der Waals surface area contributed by atoms with Crippen LogP contribution < -0.4 is 5.32 Å². The molecule has 0 atom stereocenters. The molecule has 0 saturated heterocycles. The molecule has 1 N–H and O–H groups in total. The second-order valence-corrected chi connectivity index (χ2v) is 5.88. The van der Waals surface area contributed by atoms with Crippen molar-refractivity contribution < 1.29 is 4.39 Å². The van der Waals surface area contributed by atoms with Gasteiger partial charge >= 0.3 is 0 Å². The summed E-state index contributed by atoms with van der Waals surface area (Å²) in [6.45, 7) is 0.578. The predicted molar refractivity (Wildman–Crippen MR) is 70.5 cm³/mol. The molecule has 86 valence electrons. The third-order valence-corrected chi connectivity index (χ3v) is 3.83. The molecule has 17 heavy (non-hydrogen) atoms. The van der Waals surface area contributed by atoms with E-state index in [0.29, 0.717) is 12.2 Å². The first-order valence-corrected chi connectivity index (χ1v) is 6.48. The van der Waals surface area contributed by atoms with E-state index in [0.717, 1.165) is 8.66 Å². The lowest BCUT2D eigenvalue weighted by atomic mass is 10.2. The number of nitriles is 1. The number of nitrogens with zero attached hydrogens (tertiary/aromatic N) is 1. The van der Waals surface area contributed by atoms with E-state index in [-0.39, 0.29) is 5.56 Å². The van der Waals surface area contributed by atoms with E-state index in [9.17, 15) is 4.39 Å². The Kier molecular flexibility index (Phi) is 3.77. The number of benzene rings is 1. The van der Waals surface area contributed by atoms with E-state index < -0.39 is 5.82 Å². The first-order valence-electron chi connectivity index (χ1n) is 4.87. The molecule has 2 rings (SSSR count). The highest BCUT2D eigenvalue weighted by atomic mass is 79.9. The molecule has 0 unspecified atom stereocenters.